The van der Waals surface area contributed by atoms with E-state index in [-0.39, 0.29) is 5.38 Å². The van der Waals surface area contributed by atoms with Crippen LogP contribution >= 0.6 is 11.6 Å². The van der Waals surface area contributed by atoms with Crippen molar-refractivity contribution < 1.29 is 13.5 Å². The molecule has 0 aromatic heterocycles. The van der Waals surface area contributed by atoms with E-state index >= 15 is 0 Å². The number of ether oxygens (including phenoxy) is 1. The zero-order chi connectivity index (χ0) is 14.7. The average molecular weight is 297 g/mol. The number of rotatable bonds is 4. The van der Waals surface area contributed by atoms with E-state index in [1.165, 1.54) is 6.07 Å². The molecule has 0 aliphatic rings. The third kappa shape index (κ3) is 3.28. The molecule has 0 N–H and O–H groups in total. The first kappa shape index (κ1) is 14.8. The third-order valence-electron chi connectivity index (χ3n) is 3.19. The molecule has 20 heavy (non-hydrogen) atoms. The third-order valence-corrected chi connectivity index (χ3v) is 3.60. The Bertz CT molecular complexity index is 613. The van der Waals surface area contributed by atoms with Gasteiger partial charge in [0.15, 0.2) is 11.6 Å². The van der Waals surface area contributed by atoms with E-state index in [9.17, 15) is 8.78 Å². The summed E-state index contributed by atoms with van der Waals surface area (Å²) in [7, 11) is 1.60. The van der Waals surface area contributed by atoms with Crippen molar-refractivity contribution in [3.05, 3.63) is 64.7 Å². The van der Waals surface area contributed by atoms with Gasteiger partial charge in [0.1, 0.15) is 5.75 Å². The molecule has 2 aromatic rings. The largest absolute Gasteiger partial charge is 0.496 e. The summed E-state index contributed by atoms with van der Waals surface area (Å²) >= 11 is 6.34. The smallest absolute Gasteiger partial charge is 0.159 e. The first-order chi connectivity index (χ1) is 9.51. The SMILES string of the molecule is COc1cc(C(Cl)Cc2ccc(F)c(F)c2)ccc1C. The highest BCUT2D eigenvalue weighted by atomic mass is 35.5. The van der Waals surface area contributed by atoms with E-state index in [0.717, 1.165) is 22.9 Å². The zero-order valence-corrected chi connectivity index (χ0v) is 12.0. The van der Waals surface area contributed by atoms with E-state index in [2.05, 4.69) is 0 Å². The maximum absolute atomic E-state index is 13.2. The highest BCUT2D eigenvalue weighted by Crippen LogP contribution is 2.29. The minimum absolute atomic E-state index is 0.325. The van der Waals surface area contributed by atoms with Crippen LogP contribution in [0.1, 0.15) is 22.1 Å². The van der Waals surface area contributed by atoms with Gasteiger partial charge in [-0.05, 0) is 48.2 Å². The fraction of sp³-hybridized carbons (Fsp3) is 0.250. The van der Waals surface area contributed by atoms with Crippen molar-refractivity contribution in [1.82, 2.24) is 0 Å². The Labute approximate surface area is 122 Å². The Morgan fingerprint density at radius 3 is 2.50 bits per heavy atom. The molecule has 2 aromatic carbocycles. The number of halogens is 3. The van der Waals surface area contributed by atoms with Crippen LogP contribution in [-0.2, 0) is 6.42 Å². The topological polar surface area (TPSA) is 9.23 Å². The molecular formula is C16H15ClF2O. The van der Waals surface area contributed by atoms with Crippen molar-refractivity contribution in [2.24, 2.45) is 0 Å². The van der Waals surface area contributed by atoms with Crippen LogP contribution in [0.5, 0.6) is 5.75 Å². The molecule has 0 saturated carbocycles. The van der Waals surface area contributed by atoms with E-state index in [0.29, 0.717) is 12.0 Å². The quantitative estimate of drug-likeness (QED) is 0.736. The first-order valence-electron chi connectivity index (χ1n) is 6.24. The van der Waals surface area contributed by atoms with E-state index < -0.39 is 11.6 Å². The Morgan fingerprint density at radius 1 is 1.10 bits per heavy atom. The Kier molecular flexibility index (Phi) is 4.61. The molecule has 0 radical (unpaired) electrons. The van der Waals surface area contributed by atoms with Crippen molar-refractivity contribution >= 4 is 11.6 Å². The molecule has 2 rings (SSSR count). The van der Waals surface area contributed by atoms with Crippen molar-refractivity contribution in [3.8, 4) is 5.75 Å². The van der Waals surface area contributed by atoms with Gasteiger partial charge in [-0.15, -0.1) is 11.6 Å². The van der Waals surface area contributed by atoms with E-state index in [1.807, 2.05) is 25.1 Å². The van der Waals surface area contributed by atoms with Gasteiger partial charge in [-0.25, -0.2) is 8.78 Å². The van der Waals surface area contributed by atoms with Gasteiger partial charge in [0.2, 0.25) is 0 Å². The summed E-state index contributed by atoms with van der Waals surface area (Å²) in [4.78, 5) is 0. The van der Waals surface area contributed by atoms with Crippen LogP contribution in [0.3, 0.4) is 0 Å². The van der Waals surface area contributed by atoms with E-state index in [4.69, 9.17) is 16.3 Å². The van der Waals surface area contributed by atoms with Crippen molar-refractivity contribution in [1.29, 1.82) is 0 Å². The lowest BCUT2D eigenvalue weighted by Crippen LogP contribution is -1.99. The molecule has 0 heterocycles. The Hall–Kier alpha value is -1.61. The molecule has 0 spiro atoms. The Balaban J connectivity index is 2.19. The lowest BCUT2D eigenvalue weighted by atomic mass is 10.0. The molecule has 0 fully saturated rings. The zero-order valence-electron chi connectivity index (χ0n) is 11.3. The van der Waals surface area contributed by atoms with Crippen LogP contribution in [0, 0.1) is 18.6 Å². The lowest BCUT2D eigenvalue weighted by molar-refractivity contribution is 0.411. The molecule has 1 nitrogen and oxygen atoms in total. The van der Waals surface area contributed by atoms with Crippen LogP contribution in [0.15, 0.2) is 36.4 Å². The molecule has 4 heteroatoms. The molecule has 106 valence electrons. The normalized spacial score (nSPS) is 12.2. The fourth-order valence-electron chi connectivity index (χ4n) is 2.02. The second kappa shape index (κ2) is 6.23. The van der Waals surface area contributed by atoms with Crippen molar-refractivity contribution in [2.75, 3.05) is 7.11 Å². The molecule has 0 saturated heterocycles. The summed E-state index contributed by atoms with van der Waals surface area (Å²) in [6, 6.07) is 9.54. The fourth-order valence-corrected chi connectivity index (χ4v) is 2.34. The van der Waals surface area contributed by atoms with Crippen LogP contribution in [-0.4, -0.2) is 7.11 Å². The molecule has 0 amide bonds. The van der Waals surface area contributed by atoms with Crippen LogP contribution < -0.4 is 4.74 Å². The maximum atomic E-state index is 13.2. The molecule has 0 bridgehead atoms. The summed E-state index contributed by atoms with van der Waals surface area (Å²) in [6.45, 7) is 1.95. The highest BCUT2D eigenvalue weighted by Gasteiger charge is 2.12. The minimum Gasteiger partial charge on any atom is -0.496 e. The molecular weight excluding hydrogens is 282 g/mol. The minimum atomic E-state index is -0.854. The van der Waals surface area contributed by atoms with Gasteiger partial charge < -0.3 is 4.74 Å². The van der Waals surface area contributed by atoms with Gasteiger partial charge in [0.25, 0.3) is 0 Å². The maximum Gasteiger partial charge on any atom is 0.159 e. The number of alkyl halides is 1. The lowest BCUT2D eigenvalue weighted by Gasteiger charge is -2.13. The predicted molar refractivity (Wildman–Crippen MR) is 76.4 cm³/mol. The number of methoxy groups -OCH3 is 1. The molecule has 1 atom stereocenters. The highest BCUT2D eigenvalue weighted by molar-refractivity contribution is 6.20. The van der Waals surface area contributed by atoms with Gasteiger partial charge >= 0.3 is 0 Å². The summed E-state index contributed by atoms with van der Waals surface area (Å²) in [5.41, 5.74) is 2.57. The summed E-state index contributed by atoms with van der Waals surface area (Å²) in [5, 5.41) is -0.325. The first-order valence-corrected chi connectivity index (χ1v) is 6.67. The second-order valence-corrected chi connectivity index (χ2v) is 5.18. The predicted octanol–water partition coefficient (Wildman–Crippen LogP) is 4.80. The van der Waals surface area contributed by atoms with Crippen LogP contribution in [0.4, 0.5) is 8.78 Å². The second-order valence-electron chi connectivity index (χ2n) is 4.65. The van der Waals surface area contributed by atoms with Crippen molar-refractivity contribution in [3.63, 3.8) is 0 Å². The number of benzene rings is 2. The molecule has 0 aliphatic carbocycles. The van der Waals surface area contributed by atoms with E-state index in [1.54, 1.807) is 13.2 Å². The average Bonchev–Trinajstić information content (AvgIpc) is 2.43. The number of aryl methyl sites for hydroxylation is 1. The monoisotopic (exact) mass is 296 g/mol. The van der Waals surface area contributed by atoms with Gasteiger partial charge in [-0.2, -0.15) is 0 Å². The van der Waals surface area contributed by atoms with Gasteiger partial charge in [-0.1, -0.05) is 18.2 Å². The van der Waals surface area contributed by atoms with Crippen LogP contribution in [0.2, 0.25) is 0 Å². The number of hydrogen-bond donors (Lipinski definition) is 0. The number of hydrogen-bond acceptors (Lipinski definition) is 1. The summed E-state index contributed by atoms with van der Waals surface area (Å²) in [5.74, 6) is -0.942. The van der Waals surface area contributed by atoms with Gasteiger partial charge in [-0.3, -0.25) is 0 Å². The van der Waals surface area contributed by atoms with Crippen molar-refractivity contribution in [2.45, 2.75) is 18.7 Å². The van der Waals surface area contributed by atoms with Gasteiger partial charge in [0, 0.05) is 0 Å². The summed E-state index contributed by atoms with van der Waals surface area (Å²) in [6.07, 6.45) is 0.422. The summed E-state index contributed by atoms with van der Waals surface area (Å²) < 4.78 is 31.3. The van der Waals surface area contributed by atoms with Gasteiger partial charge in [0.05, 0.1) is 12.5 Å². The molecule has 0 aliphatic heterocycles. The standard InChI is InChI=1S/C16H15ClF2O/c1-10-3-5-12(9-16(10)20-2)13(17)7-11-4-6-14(18)15(19)8-11/h3-6,8-9,13H,7H2,1-2H3. The van der Waals surface area contributed by atoms with Crippen LogP contribution in [0.25, 0.3) is 0 Å². The Morgan fingerprint density at radius 2 is 1.85 bits per heavy atom. The molecule has 1 unspecified atom stereocenters.